The zero-order valence-electron chi connectivity index (χ0n) is 16.7. The van der Waals surface area contributed by atoms with Gasteiger partial charge in [0.15, 0.2) is 5.96 Å². The quantitative estimate of drug-likeness (QED) is 0.610. The van der Waals surface area contributed by atoms with Crippen LogP contribution in [0.1, 0.15) is 24.1 Å². The molecule has 2 fully saturated rings. The lowest BCUT2D eigenvalue weighted by Crippen LogP contribution is -2.54. The van der Waals surface area contributed by atoms with E-state index in [1.165, 1.54) is 5.56 Å². The second-order valence-electron chi connectivity index (χ2n) is 7.38. The maximum atomic E-state index is 12.3. The molecule has 0 saturated carbocycles. The summed E-state index contributed by atoms with van der Waals surface area (Å²) in [6.07, 6.45) is 5.17. The summed E-state index contributed by atoms with van der Waals surface area (Å²) in [5.41, 5.74) is 2.28. The molecule has 1 amide bonds. The monoisotopic (exact) mass is 372 g/mol. The molecule has 1 aromatic heterocycles. The van der Waals surface area contributed by atoms with E-state index >= 15 is 0 Å². The van der Waals surface area contributed by atoms with Crippen molar-refractivity contribution in [3.8, 4) is 0 Å². The number of aromatic nitrogens is 1. The van der Waals surface area contributed by atoms with E-state index in [1.54, 1.807) is 0 Å². The number of aliphatic imine (C=N–C) groups is 1. The van der Waals surface area contributed by atoms with Gasteiger partial charge in [-0.25, -0.2) is 0 Å². The van der Waals surface area contributed by atoms with Crippen LogP contribution in [-0.4, -0.2) is 91.0 Å². The van der Waals surface area contributed by atoms with Gasteiger partial charge in [0.05, 0.1) is 6.54 Å². The van der Waals surface area contributed by atoms with Crippen LogP contribution in [0.4, 0.5) is 0 Å². The number of carbonyl (C=O) groups excluding carboxylic acids is 1. The average Bonchev–Trinajstić information content (AvgIpc) is 3.23. The molecular weight excluding hydrogens is 340 g/mol. The number of nitrogens with one attached hydrogen (secondary N) is 1. The third kappa shape index (κ3) is 5.66. The number of guanidine groups is 1. The highest BCUT2D eigenvalue weighted by molar-refractivity contribution is 5.80. The van der Waals surface area contributed by atoms with Gasteiger partial charge in [0.1, 0.15) is 0 Å². The fourth-order valence-electron chi connectivity index (χ4n) is 3.67. The number of pyridine rings is 1. The topological polar surface area (TPSA) is 64.1 Å². The molecule has 27 heavy (non-hydrogen) atoms. The van der Waals surface area contributed by atoms with Crippen LogP contribution in [0.5, 0.6) is 0 Å². The molecule has 0 radical (unpaired) electrons. The number of piperazine rings is 1. The van der Waals surface area contributed by atoms with Gasteiger partial charge in [0.2, 0.25) is 5.91 Å². The van der Waals surface area contributed by atoms with E-state index < -0.39 is 0 Å². The number of hydrogen-bond donors (Lipinski definition) is 1. The third-order valence-corrected chi connectivity index (χ3v) is 5.37. The first-order valence-electron chi connectivity index (χ1n) is 10.0. The second-order valence-corrected chi connectivity index (χ2v) is 7.38. The molecule has 2 saturated heterocycles. The molecule has 0 aromatic carbocycles. The van der Waals surface area contributed by atoms with E-state index in [0.717, 1.165) is 76.7 Å². The Balaban J connectivity index is 1.39. The molecule has 148 valence electrons. The predicted molar refractivity (Wildman–Crippen MR) is 108 cm³/mol. The third-order valence-electron chi connectivity index (χ3n) is 5.37. The number of rotatable bonds is 5. The van der Waals surface area contributed by atoms with Crippen molar-refractivity contribution < 1.29 is 4.79 Å². The standard InChI is InChI=1S/C20H32N6O/c1-17-5-6-18(15-23-17)7-8-22-20(21-2)26-13-11-24(12-14-26)16-19(27)25-9-3-4-10-25/h5-6,15H,3-4,7-14,16H2,1-2H3,(H,21,22). The van der Waals surface area contributed by atoms with Crippen molar-refractivity contribution in [3.05, 3.63) is 29.6 Å². The molecule has 3 rings (SSSR count). The summed E-state index contributed by atoms with van der Waals surface area (Å²) in [5, 5.41) is 3.46. The molecule has 3 heterocycles. The molecule has 0 unspecified atom stereocenters. The lowest BCUT2D eigenvalue weighted by molar-refractivity contribution is -0.131. The number of amides is 1. The summed E-state index contributed by atoms with van der Waals surface area (Å²) in [6.45, 7) is 8.88. The van der Waals surface area contributed by atoms with E-state index in [4.69, 9.17) is 0 Å². The number of hydrogen-bond acceptors (Lipinski definition) is 4. The summed E-state index contributed by atoms with van der Waals surface area (Å²) in [7, 11) is 1.83. The van der Waals surface area contributed by atoms with E-state index in [0.29, 0.717) is 6.54 Å². The maximum absolute atomic E-state index is 12.3. The van der Waals surface area contributed by atoms with Crippen LogP contribution in [0.2, 0.25) is 0 Å². The van der Waals surface area contributed by atoms with Crippen molar-refractivity contribution in [2.45, 2.75) is 26.2 Å². The van der Waals surface area contributed by atoms with Gasteiger partial charge < -0.3 is 15.1 Å². The Labute approximate surface area is 162 Å². The predicted octanol–water partition coefficient (Wildman–Crippen LogP) is 0.748. The summed E-state index contributed by atoms with van der Waals surface area (Å²) in [4.78, 5) is 27.6. The maximum Gasteiger partial charge on any atom is 0.236 e. The first kappa shape index (κ1) is 19.6. The van der Waals surface area contributed by atoms with Crippen LogP contribution in [-0.2, 0) is 11.2 Å². The number of likely N-dealkylation sites (tertiary alicyclic amines) is 1. The lowest BCUT2D eigenvalue weighted by Gasteiger charge is -2.36. The zero-order chi connectivity index (χ0) is 19.1. The highest BCUT2D eigenvalue weighted by Crippen LogP contribution is 2.09. The summed E-state index contributed by atoms with van der Waals surface area (Å²) >= 11 is 0. The molecular formula is C20H32N6O. The Morgan fingerprint density at radius 3 is 2.48 bits per heavy atom. The summed E-state index contributed by atoms with van der Waals surface area (Å²) in [6, 6.07) is 4.18. The second kappa shape index (κ2) is 9.69. The molecule has 7 heteroatoms. The normalized spacial score (nSPS) is 18.8. The van der Waals surface area contributed by atoms with Crippen LogP contribution in [0.15, 0.2) is 23.3 Å². The fraction of sp³-hybridized carbons (Fsp3) is 0.650. The smallest absolute Gasteiger partial charge is 0.236 e. The van der Waals surface area contributed by atoms with Crippen molar-refractivity contribution in [3.63, 3.8) is 0 Å². The fourth-order valence-corrected chi connectivity index (χ4v) is 3.67. The zero-order valence-corrected chi connectivity index (χ0v) is 16.7. The van der Waals surface area contributed by atoms with Gasteiger partial charge >= 0.3 is 0 Å². The molecule has 0 spiro atoms. The first-order valence-corrected chi connectivity index (χ1v) is 10.0. The molecule has 2 aliphatic heterocycles. The van der Waals surface area contributed by atoms with Gasteiger partial charge in [-0.2, -0.15) is 0 Å². The Hall–Kier alpha value is -2.15. The van der Waals surface area contributed by atoms with E-state index in [1.807, 2.05) is 31.1 Å². The number of nitrogens with zero attached hydrogens (tertiary/aromatic N) is 5. The van der Waals surface area contributed by atoms with Crippen molar-refractivity contribution in [1.29, 1.82) is 0 Å². The molecule has 7 nitrogen and oxygen atoms in total. The number of aryl methyl sites for hydroxylation is 1. The first-order chi connectivity index (χ1) is 13.2. The average molecular weight is 373 g/mol. The van der Waals surface area contributed by atoms with Crippen molar-refractivity contribution in [2.24, 2.45) is 4.99 Å². The summed E-state index contributed by atoms with van der Waals surface area (Å²) in [5.74, 6) is 1.23. The Morgan fingerprint density at radius 1 is 1.11 bits per heavy atom. The van der Waals surface area contributed by atoms with Gasteiger partial charge in [0.25, 0.3) is 0 Å². The Morgan fingerprint density at radius 2 is 1.85 bits per heavy atom. The van der Waals surface area contributed by atoms with Crippen LogP contribution in [0.25, 0.3) is 0 Å². The van der Waals surface area contributed by atoms with Gasteiger partial charge in [-0.3, -0.25) is 19.7 Å². The molecule has 0 aliphatic carbocycles. The molecule has 1 N–H and O–H groups in total. The van der Waals surface area contributed by atoms with E-state index in [9.17, 15) is 4.79 Å². The van der Waals surface area contributed by atoms with Crippen LogP contribution in [0.3, 0.4) is 0 Å². The van der Waals surface area contributed by atoms with E-state index in [2.05, 4.69) is 31.2 Å². The van der Waals surface area contributed by atoms with Crippen molar-refractivity contribution >= 4 is 11.9 Å². The summed E-state index contributed by atoms with van der Waals surface area (Å²) < 4.78 is 0. The lowest BCUT2D eigenvalue weighted by atomic mass is 10.2. The van der Waals surface area contributed by atoms with Crippen molar-refractivity contribution in [2.75, 3.05) is 59.4 Å². The highest BCUT2D eigenvalue weighted by atomic mass is 16.2. The number of carbonyl (C=O) groups is 1. The molecule has 1 aromatic rings. The minimum atomic E-state index is 0.287. The van der Waals surface area contributed by atoms with Gasteiger partial charge in [-0.1, -0.05) is 6.07 Å². The Bertz CT molecular complexity index is 630. The van der Waals surface area contributed by atoms with Crippen LogP contribution < -0.4 is 5.32 Å². The Kier molecular flexibility index (Phi) is 7.04. The molecule has 2 aliphatic rings. The highest BCUT2D eigenvalue weighted by Gasteiger charge is 2.24. The largest absolute Gasteiger partial charge is 0.356 e. The SMILES string of the molecule is CN=C(NCCc1ccc(C)nc1)N1CCN(CC(=O)N2CCCC2)CC1. The minimum Gasteiger partial charge on any atom is -0.356 e. The van der Waals surface area contributed by atoms with E-state index in [-0.39, 0.29) is 5.91 Å². The van der Waals surface area contributed by atoms with Gasteiger partial charge in [-0.05, 0) is 37.8 Å². The van der Waals surface area contributed by atoms with Crippen molar-refractivity contribution in [1.82, 2.24) is 25.0 Å². The van der Waals surface area contributed by atoms with Crippen LogP contribution in [0, 0.1) is 6.92 Å². The molecule has 0 atom stereocenters. The van der Waals surface area contributed by atoms with Gasteiger partial charge in [0, 0.05) is 64.8 Å². The minimum absolute atomic E-state index is 0.287. The van der Waals surface area contributed by atoms with Crippen LogP contribution >= 0.6 is 0 Å². The molecule has 0 bridgehead atoms. The van der Waals surface area contributed by atoms with Gasteiger partial charge in [-0.15, -0.1) is 0 Å².